The van der Waals surface area contributed by atoms with Crippen LogP contribution in [-0.2, 0) is 37.0 Å². The van der Waals surface area contributed by atoms with Crippen LogP contribution in [-0.4, -0.2) is 77.6 Å². The molecule has 0 bridgehead atoms. The molecule has 1 amide bonds. The van der Waals surface area contributed by atoms with E-state index in [1.807, 2.05) is 38.4 Å². The normalized spacial score (nSPS) is 15.6. The molecule has 1 atom stereocenters. The number of carbonyl (C=O) groups is 3. The summed E-state index contributed by atoms with van der Waals surface area (Å²) in [5.41, 5.74) is 4.36. The van der Waals surface area contributed by atoms with Gasteiger partial charge in [-0.15, -0.1) is 0 Å². The highest BCUT2D eigenvalue weighted by atomic mass is 16.6. The van der Waals surface area contributed by atoms with Crippen molar-refractivity contribution in [2.45, 2.75) is 85.7 Å². The molecule has 0 saturated heterocycles. The second-order valence-electron chi connectivity index (χ2n) is 13.1. The van der Waals surface area contributed by atoms with Crippen LogP contribution >= 0.6 is 0 Å². The largest absolute Gasteiger partial charge is 0.458 e. The molecule has 0 fully saturated rings. The molecule has 262 valence electrons. The van der Waals surface area contributed by atoms with Crippen LogP contribution in [0.1, 0.15) is 83.6 Å². The van der Waals surface area contributed by atoms with Gasteiger partial charge >= 0.3 is 18.0 Å². The Kier molecular flexibility index (Phi) is 10.7. The van der Waals surface area contributed by atoms with E-state index in [9.17, 15) is 19.2 Å². The summed E-state index contributed by atoms with van der Waals surface area (Å²) in [6.45, 7) is 12.8. The van der Waals surface area contributed by atoms with E-state index in [1.54, 1.807) is 43.4 Å². The second kappa shape index (κ2) is 14.8. The summed E-state index contributed by atoms with van der Waals surface area (Å²) in [7, 11) is 1.69. The molecule has 3 aliphatic heterocycles. The maximum atomic E-state index is 13.9. The molecule has 6 rings (SSSR count). The number of amides is 1. The van der Waals surface area contributed by atoms with E-state index in [0.717, 1.165) is 53.6 Å². The summed E-state index contributed by atoms with van der Waals surface area (Å²) in [6, 6.07) is 7.55. The number of nitrogens with zero attached hydrogens (tertiary/aromatic N) is 5. The molecule has 13 nitrogen and oxygen atoms in total. The van der Waals surface area contributed by atoms with Crippen molar-refractivity contribution in [2.24, 2.45) is 4.99 Å². The number of hydrogen-bond acceptors (Lipinski definition) is 11. The van der Waals surface area contributed by atoms with E-state index in [2.05, 4.69) is 17.1 Å². The van der Waals surface area contributed by atoms with Crippen LogP contribution in [0.5, 0.6) is 0 Å². The molecule has 0 spiro atoms. The smallest absolute Gasteiger partial charge is 0.407 e. The summed E-state index contributed by atoms with van der Waals surface area (Å²) in [5, 5.41) is 3.59. The molecule has 0 unspecified atom stereocenters. The number of aromatic nitrogens is 2. The van der Waals surface area contributed by atoms with Crippen LogP contribution in [0, 0.1) is 0 Å². The standard InChI is InChI=1S/C34H40N6O7.C2H6/c1-6-7-8-13-39-19-36-23-10-9-11-24-27(23)29(39)21-16-40-25(28(21)37-24)15-20-22(31(40)42)18-45-32(43)30(20)46-26(41)17-38(5)14-12-35-33(44)47-34(2,3)4;1-2/h9-11,15,19,30H,6-8,12-14,16-18H2,1-5H3,(H,35,44);1-2H3/t30-;/m0./s1. The zero-order chi connectivity index (χ0) is 35.5. The minimum atomic E-state index is -1.40. The molecule has 49 heavy (non-hydrogen) atoms. The van der Waals surface area contributed by atoms with Crippen molar-refractivity contribution in [2.75, 3.05) is 38.1 Å². The molecule has 1 aromatic carbocycles. The Morgan fingerprint density at radius 3 is 2.65 bits per heavy atom. The zero-order valence-electron chi connectivity index (χ0n) is 29.4. The number of hydrogen-bond donors (Lipinski definition) is 1. The number of ether oxygens (including phenoxy) is 3. The van der Waals surface area contributed by atoms with Crippen LogP contribution in [0.4, 0.5) is 16.2 Å². The van der Waals surface area contributed by atoms with Crippen molar-refractivity contribution in [3.8, 4) is 11.4 Å². The summed E-state index contributed by atoms with van der Waals surface area (Å²) in [5.74, 6) is -1.42. The first-order valence-electron chi connectivity index (χ1n) is 17.0. The molecule has 3 aromatic rings. The fourth-order valence-corrected chi connectivity index (χ4v) is 6.18. The number of rotatable bonds is 10. The van der Waals surface area contributed by atoms with E-state index in [-0.39, 0.29) is 30.8 Å². The van der Waals surface area contributed by atoms with E-state index in [1.165, 1.54) is 0 Å². The summed E-state index contributed by atoms with van der Waals surface area (Å²) in [4.78, 5) is 65.3. The predicted octanol–water partition coefficient (Wildman–Crippen LogP) is 5.22. The number of pyridine rings is 2. The lowest BCUT2D eigenvalue weighted by molar-refractivity contribution is -0.172. The van der Waals surface area contributed by atoms with Gasteiger partial charge in [0, 0.05) is 30.8 Å². The second-order valence-corrected chi connectivity index (χ2v) is 13.1. The highest BCUT2D eigenvalue weighted by Gasteiger charge is 2.39. The van der Waals surface area contributed by atoms with Crippen LogP contribution in [0.3, 0.4) is 0 Å². The molecule has 1 N–H and O–H groups in total. The third kappa shape index (κ3) is 7.46. The summed E-state index contributed by atoms with van der Waals surface area (Å²) < 4.78 is 17.9. The number of alkyl carbamates (subject to hydrolysis) is 1. The SMILES string of the molecule is CC.CCCCCN1C=Nc2cccc3nc4c(c1c23)Cn1c-4cc2c(c1=O)COC(=O)[C@H]2OC(=O)CN(C)CCNC(=O)OC(C)(C)C. The first-order chi connectivity index (χ1) is 23.4. The van der Waals surface area contributed by atoms with Crippen molar-refractivity contribution >= 4 is 46.6 Å². The lowest BCUT2D eigenvalue weighted by atomic mass is 9.99. The maximum absolute atomic E-state index is 13.9. The minimum absolute atomic E-state index is 0.156. The fraction of sp³-hybridized carbons (Fsp3) is 0.500. The first kappa shape index (κ1) is 35.5. The van der Waals surface area contributed by atoms with Crippen molar-refractivity contribution < 1.29 is 28.6 Å². The number of nitrogens with one attached hydrogen (secondary N) is 1. The molecule has 0 radical (unpaired) electrons. The maximum Gasteiger partial charge on any atom is 0.407 e. The molecule has 13 heteroatoms. The molecule has 3 aliphatic rings. The molecular weight excluding hydrogens is 628 g/mol. The number of cyclic esters (lactones) is 1. The van der Waals surface area contributed by atoms with Gasteiger partial charge in [0.1, 0.15) is 12.2 Å². The number of fused-ring (bicyclic) bond motifs is 5. The number of unbranched alkanes of at least 4 members (excludes halogenated alkanes) is 2. The van der Waals surface area contributed by atoms with Gasteiger partial charge < -0.3 is 29.0 Å². The number of benzene rings is 1. The average molecular weight is 675 g/mol. The summed E-state index contributed by atoms with van der Waals surface area (Å²) in [6.07, 6.45) is 3.07. The van der Waals surface area contributed by atoms with Gasteiger partial charge in [-0.25, -0.2) is 19.6 Å². The quantitative estimate of drug-likeness (QED) is 0.135. The molecule has 0 aliphatic carbocycles. The Bertz CT molecular complexity index is 1840. The van der Waals surface area contributed by atoms with Crippen molar-refractivity contribution in [3.63, 3.8) is 0 Å². The monoisotopic (exact) mass is 674 g/mol. The van der Waals surface area contributed by atoms with Crippen LogP contribution < -0.4 is 15.8 Å². The van der Waals surface area contributed by atoms with Crippen molar-refractivity contribution in [1.29, 1.82) is 0 Å². The first-order valence-corrected chi connectivity index (χ1v) is 17.0. The zero-order valence-corrected chi connectivity index (χ0v) is 29.4. The van der Waals surface area contributed by atoms with Gasteiger partial charge in [-0.2, -0.15) is 0 Å². The average Bonchev–Trinajstić information content (AvgIpc) is 3.42. The Morgan fingerprint density at radius 1 is 1.14 bits per heavy atom. The Labute approximate surface area is 286 Å². The number of carbonyl (C=O) groups excluding carboxylic acids is 3. The van der Waals surface area contributed by atoms with Crippen molar-refractivity contribution in [3.05, 3.63) is 51.3 Å². The minimum Gasteiger partial charge on any atom is -0.458 e. The van der Waals surface area contributed by atoms with E-state index in [0.29, 0.717) is 30.0 Å². The van der Waals surface area contributed by atoms with Gasteiger partial charge in [0.2, 0.25) is 6.10 Å². The van der Waals surface area contributed by atoms with E-state index < -0.39 is 29.7 Å². The number of esters is 2. The van der Waals surface area contributed by atoms with E-state index >= 15 is 0 Å². The third-order valence-corrected chi connectivity index (χ3v) is 8.35. The van der Waals surface area contributed by atoms with Gasteiger partial charge in [0.25, 0.3) is 5.56 Å². The third-order valence-electron chi connectivity index (χ3n) is 8.35. The topological polar surface area (TPSA) is 145 Å². The van der Waals surface area contributed by atoms with Gasteiger partial charge in [-0.05, 0) is 52.4 Å². The molecule has 0 saturated carbocycles. The highest BCUT2D eigenvalue weighted by Crippen LogP contribution is 2.46. The van der Waals surface area contributed by atoms with Gasteiger partial charge in [0.15, 0.2) is 0 Å². The number of likely N-dealkylation sites (N-methyl/N-ethyl adjacent to an activating group) is 1. The van der Waals surface area contributed by atoms with Gasteiger partial charge in [0.05, 0.1) is 58.7 Å². The highest BCUT2D eigenvalue weighted by molar-refractivity contribution is 6.11. The molecule has 2 aromatic heterocycles. The van der Waals surface area contributed by atoms with Crippen LogP contribution in [0.2, 0.25) is 0 Å². The van der Waals surface area contributed by atoms with E-state index in [4.69, 9.17) is 24.2 Å². The lowest BCUT2D eigenvalue weighted by Crippen LogP contribution is -2.39. The number of aliphatic imine (C=N–C) groups is 1. The predicted molar refractivity (Wildman–Crippen MR) is 187 cm³/mol. The Morgan fingerprint density at radius 2 is 1.92 bits per heavy atom. The lowest BCUT2D eigenvalue weighted by Gasteiger charge is -2.27. The van der Waals surface area contributed by atoms with Crippen LogP contribution in [0.25, 0.3) is 22.3 Å². The molecular formula is C36H46N6O7. The number of anilines is 1. The van der Waals surface area contributed by atoms with Crippen LogP contribution in [0.15, 0.2) is 34.1 Å². The summed E-state index contributed by atoms with van der Waals surface area (Å²) >= 11 is 0. The molecule has 5 heterocycles. The van der Waals surface area contributed by atoms with Gasteiger partial charge in [-0.1, -0.05) is 39.7 Å². The Balaban J connectivity index is 0.00000230. The van der Waals surface area contributed by atoms with Crippen molar-refractivity contribution in [1.82, 2.24) is 19.8 Å². The fourth-order valence-electron chi connectivity index (χ4n) is 6.18. The van der Waals surface area contributed by atoms with Gasteiger partial charge in [-0.3, -0.25) is 14.5 Å². The Hall–Kier alpha value is -4.78.